The lowest BCUT2D eigenvalue weighted by Gasteiger charge is -2.01. The zero-order valence-electron chi connectivity index (χ0n) is 9.69. The van der Waals surface area contributed by atoms with Crippen LogP contribution in [0.3, 0.4) is 0 Å². The number of nitrogens with one attached hydrogen (secondary N) is 1. The number of hydrogen-bond acceptors (Lipinski definition) is 3. The largest absolute Gasteiger partial charge is 0.358 e. The highest BCUT2D eigenvalue weighted by atomic mass is 16.6. The first-order chi connectivity index (χ1) is 8.07. The van der Waals surface area contributed by atoms with Gasteiger partial charge < -0.3 is 15.4 Å². The predicted octanol–water partition coefficient (Wildman–Crippen LogP) is 1.08. The lowest BCUT2D eigenvalue weighted by atomic mass is 10.3. The molecule has 0 atom stereocenters. The lowest BCUT2D eigenvalue weighted by Crippen LogP contribution is -2.26. The molecule has 90 valence electrons. The Morgan fingerprint density at radius 1 is 1.59 bits per heavy atom. The summed E-state index contributed by atoms with van der Waals surface area (Å²) in [5.74, 6) is 5.09. The van der Waals surface area contributed by atoms with Crippen molar-refractivity contribution in [2.75, 3.05) is 6.54 Å². The summed E-state index contributed by atoms with van der Waals surface area (Å²) in [6.45, 7) is 2.15. The molecule has 1 N–H and O–H groups in total. The molecule has 0 aliphatic rings. The topological polar surface area (TPSA) is 77.2 Å². The third kappa shape index (κ3) is 3.08. The van der Waals surface area contributed by atoms with E-state index < -0.39 is 4.92 Å². The molecule has 0 aromatic carbocycles. The maximum absolute atomic E-state index is 11.7. The van der Waals surface area contributed by atoms with Gasteiger partial charge in [-0.3, -0.25) is 4.79 Å². The van der Waals surface area contributed by atoms with Crippen LogP contribution in [0.2, 0.25) is 0 Å². The van der Waals surface area contributed by atoms with E-state index in [2.05, 4.69) is 17.2 Å². The summed E-state index contributed by atoms with van der Waals surface area (Å²) < 4.78 is 1.25. The zero-order valence-corrected chi connectivity index (χ0v) is 9.69. The van der Waals surface area contributed by atoms with Crippen LogP contribution in [0.15, 0.2) is 12.1 Å². The van der Waals surface area contributed by atoms with E-state index in [1.165, 1.54) is 23.7 Å². The third-order valence-corrected chi connectivity index (χ3v) is 2.23. The van der Waals surface area contributed by atoms with E-state index in [-0.39, 0.29) is 17.4 Å². The second kappa shape index (κ2) is 5.70. The van der Waals surface area contributed by atoms with Crippen molar-refractivity contribution in [3.63, 3.8) is 0 Å². The fourth-order valence-electron chi connectivity index (χ4n) is 1.37. The summed E-state index contributed by atoms with van der Waals surface area (Å²) in [7, 11) is 1.49. The van der Waals surface area contributed by atoms with Gasteiger partial charge in [0.15, 0.2) is 5.69 Å². The molecule has 1 heterocycles. The Bertz CT molecular complexity index is 494. The van der Waals surface area contributed by atoms with Gasteiger partial charge in [-0.1, -0.05) is 0 Å². The lowest BCUT2D eigenvalue weighted by molar-refractivity contribution is -0.391. The van der Waals surface area contributed by atoms with Crippen molar-refractivity contribution in [3.05, 3.63) is 27.9 Å². The van der Waals surface area contributed by atoms with E-state index in [1.54, 1.807) is 6.92 Å². The molecule has 1 aromatic heterocycles. The predicted molar refractivity (Wildman–Crippen MR) is 62.5 cm³/mol. The summed E-state index contributed by atoms with van der Waals surface area (Å²) in [6.07, 6.45) is 0.564. The average molecular weight is 235 g/mol. The fraction of sp³-hybridized carbons (Fsp3) is 0.364. The van der Waals surface area contributed by atoms with Gasteiger partial charge in [0, 0.05) is 19.0 Å². The van der Waals surface area contributed by atoms with Crippen LogP contribution in [-0.2, 0) is 7.05 Å². The standard InChI is InChI=1S/C11H13N3O3/c1-3-4-5-8-12-11(15)9-6-7-10(13(9)2)14(16)17/h6-7H,5,8H2,1-2H3,(H,12,15). The van der Waals surface area contributed by atoms with E-state index in [1.807, 2.05) is 0 Å². The van der Waals surface area contributed by atoms with Gasteiger partial charge in [-0.15, -0.1) is 11.8 Å². The van der Waals surface area contributed by atoms with Gasteiger partial charge in [-0.05, 0) is 17.9 Å². The van der Waals surface area contributed by atoms with Gasteiger partial charge in [-0.2, -0.15) is 0 Å². The molecular formula is C11H13N3O3. The number of carbonyl (C=O) groups excluding carboxylic acids is 1. The van der Waals surface area contributed by atoms with Gasteiger partial charge in [0.1, 0.15) is 0 Å². The van der Waals surface area contributed by atoms with Gasteiger partial charge in [-0.25, -0.2) is 4.57 Å². The summed E-state index contributed by atoms with van der Waals surface area (Å²) in [6, 6.07) is 2.74. The Balaban J connectivity index is 2.69. The second-order valence-electron chi connectivity index (χ2n) is 3.33. The van der Waals surface area contributed by atoms with E-state index in [0.29, 0.717) is 13.0 Å². The molecule has 0 saturated heterocycles. The monoisotopic (exact) mass is 235 g/mol. The van der Waals surface area contributed by atoms with Crippen LogP contribution in [0.4, 0.5) is 5.82 Å². The van der Waals surface area contributed by atoms with Crippen LogP contribution in [-0.4, -0.2) is 21.9 Å². The van der Waals surface area contributed by atoms with Crippen LogP contribution in [0, 0.1) is 22.0 Å². The quantitative estimate of drug-likeness (QED) is 0.367. The van der Waals surface area contributed by atoms with Gasteiger partial charge in [0.05, 0.1) is 7.05 Å². The first-order valence-corrected chi connectivity index (χ1v) is 5.06. The maximum atomic E-state index is 11.7. The van der Waals surface area contributed by atoms with Gasteiger partial charge in [0.2, 0.25) is 0 Å². The van der Waals surface area contributed by atoms with Crippen molar-refractivity contribution < 1.29 is 9.72 Å². The van der Waals surface area contributed by atoms with Gasteiger partial charge in [0.25, 0.3) is 5.91 Å². The molecule has 6 heteroatoms. The van der Waals surface area contributed by atoms with Crippen molar-refractivity contribution in [1.82, 2.24) is 9.88 Å². The van der Waals surface area contributed by atoms with E-state index >= 15 is 0 Å². The summed E-state index contributed by atoms with van der Waals surface area (Å²) >= 11 is 0. The SMILES string of the molecule is CC#CCCNC(=O)c1ccc([N+](=O)[O-])n1C. The smallest absolute Gasteiger partial charge is 0.323 e. The fourth-order valence-corrected chi connectivity index (χ4v) is 1.37. The Hall–Kier alpha value is -2.29. The zero-order chi connectivity index (χ0) is 12.8. The van der Waals surface area contributed by atoms with Crippen molar-refractivity contribution in [2.45, 2.75) is 13.3 Å². The Morgan fingerprint density at radius 3 is 2.82 bits per heavy atom. The number of carbonyl (C=O) groups is 1. The summed E-state index contributed by atoms with van der Waals surface area (Å²) in [5, 5.41) is 13.2. The van der Waals surface area contributed by atoms with Crippen LogP contribution in [0.25, 0.3) is 0 Å². The molecular weight excluding hydrogens is 222 g/mol. The molecule has 0 spiro atoms. The number of rotatable bonds is 4. The highest BCUT2D eigenvalue weighted by molar-refractivity contribution is 5.93. The van der Waals surface area contributed by atoms with Crippen LogP contribution in [0.5, 0.6) is 0 Å². The maximum Gasteiger partial charge on any atom is 0.323 e. The number of aromatic nitrogens is 1. The Kier molecular flexibility index (Phi) is 4.29. The highest BCUT2D eigenvalue weighted by Gasteiger charge is 2.19. The Labute approximate surface area is 98.8 Å². The number of nitrogens with zero attached hydrogens (tertiary/aromatic N) is 2. The molecule has 0 aliphatic carbocycles. The minimum absolute atomic E-state index is 0.108. The normalized spacial score (nSPS) is 9.29. The highest BCUT2D eigenvalue weighted by Crippen LogP contribution is 2.14. The van der Waals surface area contributed by atoms with Crippen LogP contribution >= 0.6 is 0 Å². The average Bonchev–Trinajstić information content (AvgIpc) is 2.66. The molecule has 0 saturated carbocycles. The summed E-state index contributed by atoms with van der Waals surface area (Å²) in [5.41, 5.74) is 0.265. The number of amides is 1. The first-order valence-electron chi connectivity index (χ1n) is 5.06. The van der Waals surface area contributed by atoms with E-state index in [9.17, 15) is 14.9 Å². The minimum atomic E-state index is -0.528. The molecule has 0 aliphatic heterocycles. The molecule has 0 radical (unpaired) electrons. The van der Waals surface area contributed by atoms with E-state index in [4.69, 9.17) is 0 Å². The van der Waals surface area contributed by atoms with Gasteiger partial charge >= 0.3 is 5.82 Å². The summed E-state index contributed by atoms with van der Waals surface area (Å²) in [4.78, 5) is 21.7. The molecule has 0 unspecified atom stereocenters. The van der Waals surface area contributed by atoms with Crippen molar-refractivity contribution in [1.29, 1.82) is 0 Å². The molecule has 6 nitrogen and oxygen atoms in total. The molecule has 17 heavy (non-hydrogen) atoms. The number of hydrogen-bond donors (Lipinski definition) is 1. The molecule has 1 amide bonds. The first kappa shape index (κ1) is 12.8. The van der Waals surface area contributed by atoms with Crippen LogP contribution in [0.1, 0.15) is 23.8 Å². The minimum Gasteiger partial charge on any atom is -0.358 e. The molecule has 0 bridgehead atoms. The van der Waals surface area contributed by atoms with Crippen molar-refractivity contribution in [2.24, 2.45) is 7.05 Å². The third-order valence-electron chi connectivity index (χ3n) is 2.23. The number of nitro groups is 1. The second-order valence-corrected chi connectivity index (χ2v) is 3.33. The molecule has 1 aromatic rings. The molecule has 1 rings (SSSR count). The molecule has 0 fully saturated rings. The van der Waals surface area contributed by atoms with Crippen LogP contribution < -0.4 is 5.32 Å². The van der Waals surface area contributed by atoms with Crippen molar-refractivity contribution in [3.8, 4) is 11.8 Å². The van der Waals surface area contributed by atoms with Crippen molar-refractivity contribution >= 4 is 11.7 Å². The van der Waals surface area contributed by atoms with E-state index in [0.717, 1.165) is 0 Å². The Morgan fingerprint density at radius 2 is 2.29 bits per heavy atom.